The Morgan fingerprint density at radius 1 is 1.64 bits per heavy atom. The van der Waals surface area contributed by atoms with Crippen molar-refractivity contribution in [1.29, 1.82) is 0 Å². The predicted octanol–water partition coefficient (Wildman–Crippen LogP) is 1.32. The Hall–Kier alpha value is -0.830. The van der Waals surface area contributed by atoms with Crippen molar-refractivity contribution in [2.24, 2.45) is 5.16 Å². The summed E-state index contributed by atoms with van der Waals surface area (Å²) >= 11 is 0. The topological polar surface area (TPSA) is 41.8 Å². The van der Waals surface area contributed by atoms with Crippen molar-refractivity contribution in [2.75, 3.05) is 0 Å². The van der Waals surface area contributed by atoms with E-state index in [9.17, 15) is 0 Å². The van der Waals surface area contributed by atoms with E-state index >= 15 is 0 Å². The van der Waals surface area contributed by atoms with Gasteiger partial charge in [0.15, 0.2) is 0 Å². The number of hydrogen-bond donors (Lipinski definition) is 1. The monoisotopic (exact) mass is 153 g/mol. The van der Waals surface area contributed by atoms with E-state index in [-0.39, 0.29) is 12.2 Å². The van der Waals surface area contributed by atoms with Crippen molar-refractivity contribution in [2.45, 2.75) is 31.5 Å². The van der Waals surface area contributed by atoms with Crippen molar-refractivity contribution >= 4 is 5.71 Å². The minimum absolute atomic E-state index is 0.0451. The molecule has 0 radical (unpaired) electrons. The fourth-order valence-electron chi connectivity index (χ4n) is 1.61. The summed E-state index contributed by atoms with van der Waals surface area (Å²) in [6.07, 6.45) is 7.18. The van der Waals surface area contributed by atoms with Crippen LogP contribution in [0.4, 0.5) is 0 Å². The third-order valence-corrected chi connectivity index (χ3v) is 2.23. The van der Waals surface area contributed by atoms with E-state index in [2.05, 4.69) is 17.3 Å². The van der Waals surface area contributed by atoms with Gasteiger partial charge in [-0.2, -0.15) is 0 Å². The highest BCUT2D eigenvalue weighted by molar-refractivity contribution is 5.89. The fraction of sp³-hybridized carbons (Fsp3) is 0.625. The normalized spacial score (nSPS) is 39.5. The summed E-state index contributed by atoms with van der Waals surface area (Å²) in [6.45, 7) is 0. The molecule has 2 bridgehead atoms. The molecule has 2 unspecified atom stereocenters. The molecule has 0 saturated carbocycles. The molecule has 3 nitrogen and oxygen atoms in total. The molecule has 2 rings (SSSR count). The predicted molar refractivity (Wildman–Crippen MR) is 40.9 cm³/mol. The number of hydrogen-bond acceptors (Lipinski definition) is 3. The zero-order chi connectivity index (χ0) is 7.68. The lowest BCUT2D eigenvalue weighted by molar-refractivity contribution is 0.0242. The smallest absolute Gasteiger partial charge is 0.103 e. The first kappa shape index (κ1) is 6.85. The van der Waals surface area contributed by atoms with Crippen LogP contribution in [-0.2, 0) is 4.74 Å². The summed E-state index contributed by atoms with van der Waals surface area (Å²) in [4.78, 5) is 0. The van der Waals surface area contributed by atoms with Gasteiger partial charge in [-0.15, -0.1) is 0 Å². The van der Waals surface area contributed by atoms with Gasteiger partial charge in [0.05, 0.1) is 11.8 Å². The molecule has 3 heteroatoms. The average molecular weight is 153 g/mol. The Morgan fingerprint density at radius 3 is 3.36 bits per heavy atom. The second-order valence-electron chi connectivity index (χ2n) is 2.96. The second kappa shape index (κ2) is 2.66. The fourth-order valence-corrected chi connectivity index (χ4v) is 1.61. The Bertz CT molecular complexity index is 210. The van der Waals surface area contributed by atoms with Crippen LogP contribution >= 0.6 is 0 Å². The van der Waals surface area contributed by atoms with Gasteiger partial charge in [-0.05, 0) is 19.3 Å². The van der Waals surface area contributed by atoms with Crippen LogP contribution in [0.25, 0.3) is 0 Å². The van der Waals surface area contributed by atoms with Gasteiger partial charge in [-0.3, -0.25) is 0 Å². The largest absolute Gasteiger partial charge is 0.411 e. The number of rotatable bonds is 0. The highest BCUT2D eigenvalue weighted by Crippen LogP contribution is 2.24. The molecule has 1 N–H and O–H groups in total. The minimum Gasteiger partial charge on any atom is -0.411 e. The molecule has 2 aliphatic rings. The zero-order valence-corrected chi connectivity index (χ0v) is 6.23. The Kier molecular flexibility index (Phi) is 1.66. The molecule has 11 heavy (non-hydrogen) atoms. The lowest BCUT2D eigenvalue weighted by Gasteiger charge is -2.31. The van der Waals surface area contributed by atoms with Gasteiger partial charge in [0, 0.05) is 0 Å². The number of nitrogens with zero attached hydrogens (tertiary/aromatic N) is 1. The van der Waals surface area contributed by atoms with E-state index in [0.717, 1.165) is 25.0 Å². The van der Waals surface area contributed by atoms with E-state index in [1.165, 1.54) is 0 Å². The highest BCUT2D eigenvalue weighted by atomic mass is 16.5. The van der Waals surface area contributed by atoms with Crippen molar-refractivity contribution in [3.8, 4) is 0 Å². The summed E-state index contributed by atoms with van der Waals surface area (Å²) in [5, 5.41) is 11.8. The Morgan fingerprint density at radius 2 is 2.55 bits per heavy atom. The Labute approximate surface area is 65.3 Å². The lowest BCUT2D eigenvalue weighted by atomic mass is 9.95. The average Bonchev–Trinajstić information content (AvgIpc) is 2.06. The molecule has 1 saturated heterocycles. The molecule has 0 aromatic heterocycles. The van der Waals surface area contributed by atoms with Crippen LogP contribution < -0.4 is 0 Å². The maximum Gasteiger partial charge on any atom is 0.103 e. The molecule has 1 fully saturated rings. The highest BCUT2D eigenvalue weighted by Gasteiger charge is 2.28. The van der Waals surface area contributed by atoms with Crippen LogP contribution in [0.15, 0.2) is 17.3 Å². The second-order valence-corrected chi connectivity index (χ2v) is 2.96. The van der Waals surface area contributed by atoms with Gasteiger partial charge < -0.3 is 9.94 Å². The van der Waals surface area contributed by atoms with Gasteiger partial charge in [-0.25, -0.2) is 0 Å². The molecule has 0 aromatic carbocycles. The van der Waals surface area contributed by atoms with Crippen LogP contribution in [0.2, 0.25) is 0 Å². The summed E-state index contributed by atoms with van der Waals surface area (Å²) < 4.78 is 5.55. The molecule has 0 aromatic rings. The molecule has 0 amide bonds. The van der Waals surface area contributed by atoms with Crippen LogP contribution in [0.5, 0.6) is 0 Å². The number of fused-ring (bicyclic) bond motifs is 2. The van der Waals surface area contributed by atoms with Gasteiger partial charge in [-0.1, -0.05) is 17.3 Å². The van der Waals surface area contributed by atoms with E-state index in [0.29, 0.717) is 0 Å². The molecule has 60 valence electrons. The SMILES string of the molecule is ON=C1CCC2C=CCC1O2. The zero-order valence-electron chi connectivity index (χ0n) is 6.23. The maximum atomic E-state index is 8.59. The van der Waals surface area contributed by atoms with E-state index in [1.807, 2.05) is 0 Å². The minimum atomic E-state index is 0.0451. The number of ether oxygens (including phenoxy) is 1. The molecular formula is C8H11NO2. The first-order valence-electron chi connectivity index (χ1n) is 3.93. The van der Waals surface area contributed by atoms with Crippen molar-refractivity contribution in [1.82, 2.24) is 0 Å². The molecule has 2 atom stereocenters. The molecular weight excluding hydrogens is 142 g/mol. The van der Waals surface area contributed by atoms with Gasteiger partial charge in [0.2, 0.25) is 0 Å². The molecule has 2 aliphatic heterocycles. The van der Waals surface area contributed by atoms with Crippen LogP contribution in [-0.4, -0.2) is 23.1 Å². The van der Waals surface area contributed by atoms with Crippen molar-refractivity contribution in [3.05, 3.63) is 12.2 Å². The first-order valence-corrected chi connectivity index (χ1v) is 3.93. The maximum absolute atomic E-state index is 8.59. The number of oxime groups is 1. The van der Waals surface area contributed by atoms with E-state index in [1.54, 1.807) is 0 Å². The summed E-state index contributed by atoms with van der Waals surface area (Å²) in [7, 11) is 0. The summed E-state index contributed by atoms with van der Waals surface area (Å²) in [5.41, 5.74) is 0.797. The van der Waals surface area contributed by atoms with Crippen molar-refractivity contribution in [3.63, 3.8) is 0 Å². The Balaban J connectivity index is 2.17. The van der Waals surface area contributed by atoms with Crippen LogP contribution in [0.1, 0.15) is 19.3 Å². The van der Waals surface area contributed by atoms with Crippen LogP contribution in [0, 0.1) is 0 Å². The van der Waals surface area contributed by atoms with Gasteiger partial charge in [0.25, 0.3) is 0 Å². The quantitative estimate of drug-likeness (QED) is 0.324. The summed E-state index contributed by atoms with van der Waals surface area (Å²) in [5.74, 6) is 0. The van der Waals surface area contributed by atoms with Gasteiger partial charge >= 0.3 is 0 Å². The molecule has 0 spiro atoms. The third-order valence-electron chi connectivity index (χ3n) is 2.23. The van der Waals surface area contributed by atoms with E-state index in [4.69, 9.17) is 9.94 Å². The van der Waals surface area contributed by atoms with Crippen molar-refractivity contribution < 1.29 is 9.94 Å². The van der Waals surface area contributed by atoms with Gasteiger partial charge in [0.1, 0.15) is 6.10 Å². The first-order chi connectivity index (χ1) is 5.40. The molecule has 2 heterocycles. The summed E-state index contributed by atoms with van der Waals surface area (Å²) in [6, 6.07) is 0. The standard InChI is InChI=1S/C8H11NO2/c10-9-7-5-4-6-2-1-3-8(7)11-6/h1-2,6,8,10H,3-5H2. The molecule has 0 aliphatic carbocycles. The third kappa shape index (κ3) is 1.16. The van der Waals surface area contributed by atoms with Crippen LogP contribution in [0.3, 0.4) is 0 Å². The van der Waals surface area contributed by atoms with E-state index < -0.39 is 0 Å². The lowest BCUT2D eigenvalue weighted by Crippen LogP contribution is -2.36.